The number of rotatable bonds is 14. The van der Waals surface area contributed by atoms with Crippen molar-refractivity contribution >= 4 is 33.1 Å². The van der Waals surface area contributed by atoms with Crippen molar-refractivity contribution in [2.45, 2.75) is 67.2 Å². The quantitative estimate of drug-likeness (QED) is 0.140. The minimum atomic E-state index is 0.0539. The molecule has 0 bridgehead atoms. The van der Waals surface area contributed by atoms with Crippen molar-refractivity contribution in [1.82, 2.24) is 0 Å². The van der Waals surface area contributed by atoms with Gasteiger partial charge in [-0.2, -0.15) is 0 Å². The van der Waals surface area contributed by atoms with Crippen LogP contribution in [-0.4, -0.2) is 38.0 Å². The van der Waals surface area contributed by atoms with Crippen LogP contribution in [-0.2, 0) is 0 Å². The first-order valence-corrected chi connectivity index (χ1v) is 15.0. The van der Waals surface area contributed by atoms with Gasteiger partial charge in [0.15, 0.2) is 11.6 Å². The number of ketones is 2. The van der Waals surface area contributed by atoms with Crippen molar-refractivity contribution in [3.05, 3.63) is 71.8 Å². The zero-order valence-electron chi connectivity index (χ0n) is 25.9. The molecule has 224 valence electrons. The van der Waals surface area contributed by atoms with Crippen molar-refractivity contribution in [3.8, 4) is 23.0 Å². The van der Waals surface area contributed by atoms with Gasteiger partial charge >= 0.3 is 0 Å². The Balaban J connectivity index is 0.000000230. The van der Waals surface area contributed by atoms with Gasteiger partial charge in [0.05, 0.1) is 26.4 Å². The van der Waals surface area contributed by atoms with Crippen LogP contribution in [0.5, 0.6) is 23.0 Å². The molecule has 4 aromatic rings. The van der Waals surface area contributed by atoms with E-state index in [0.29, 0.717) is 37.6 Å². The third-order valence-electron chi connectivity index (χ3n) is 6.50. The fraction of sp³-hybridized carbons (Fsp3) is 0.389. The molecule has 4 aromatic carbocycles. The lowest BCUT2D eigenvalue weighted by atomic mass is 10.0. The number of carbonyl (C=O) groups excluding carboxylic acids is 2. The molecule has 0 saturated heterocycles. The first kappa shape index (κ1) is 32.5. The van der Waals surface area contributed by atoms with Gasteiger partial charge in [-0.15, -0.1) is 0 Å². The van der Waals surface area contributed by atoms with E-state index in [1.54, 1.807) is 13.8 Å². The summed E-state index contributed by atoms with van der Waals surface area (Å²) >= 11 is 0. The van der Waals surface area contributed by atoms with Crippen LogP contribution in [0.2, 0.25) is 0 Å². The highest BCUT2D eigenvalue weighted by Gasteiger charge is 2.11. The van der Waals surface area contributed by atoms with Gasteiger partial charge in [0.2, 0.25) is 0 Å². The smallest absolute Gasteiger partial charge is 0.159 e. The number of benzene rings is 4. The van der Waals surface area contributed by atoms with Gasteiger partial charge in [0, 0.05) is 33.4 Å². The average Bonchev–Trinajstić information content (AvgIpc) is 3.00. The normalized spacial score (nSPS) is 10.6. The fourth-order valence-electron chi connectivity index (χ4n) is 4.35. The summed E-state index contributed by atoms with van der Waals surface area (Å²) in [5.41, 5.74) is 1.40. The molecule has 0 fully saturated rings. The van der Waals surface area contributed by atoms with Crippen LogP contribution < -0.4 is 18.9 Å². The van der Waals surface area contributed by atoms with Crippen molar-refractivity contribution < 1.29 is 28.5 Å². The fourth-order valence-corrected chi connectivity index (χ4v) is 4.35. The van der Waals surface area contributed by atoms with Gasteiger partial charge in [-0.3, -0.25) is 9.59 Å². The Hall–Kier alpha value is -4.06. The molecule has 0 amide bonds. The molecular weight excluding hydrogens is 528 g/mol. The Labute approximate surface area is 249 Å². The molecule has 0 heterocycles. The molecule has 0 atom stereocenters. The topological polar surface area (TPSA) is 71.1 Å². The molecule has 6 nitrogen and oxygen atoms in total. The van der Waals surface area contributed by atoms with Crippen LogP contribution in [0.3, 0.4) is 0 Å². The number of carbonyl (C=O) groups is 2. The molecule has 0 radical (unpaired) electrons. The lowest BCUT2D eigenvalue weighted by Gasteiger charge is -2.13. The number of fused-ring (bicyclic) bond motifs is 2. The van der Waals surface area contributed by atoms with E-state index in [1.807, 2.05) is 60.7 Å². The molecule has 0 N–H and O–H groups in total. The van der Waals surface area contributed by atoms with Crippen molar-refractivity contribution in [2.75, 3.05) is 26.4 Å². The first-order chi connectivity index (χ1) is 20.3. The predicted octanol–water partition coefficient (Wildman–Crippen LogP) is 9.24. The Morgan fingerprint density at radius 1 is 0.500 bits per heavy atom. The summed E-state index contributed by atoms with van der Waals surface area (Å²) in [6.07, 6.45) is 3.81. The maximum atomic E-state index is 11.6. The van der Waals surface area contributed by atoms with Crippen molar-refractivity contribution in [1.29, 1.82) is 0 Å². The van der Waals surface area contributed by atoms with Gasteiger partial charge in [-0.1, -0.05) is 39.8 Å². The second kappa shape index (κ2) is 16.4. The third kappa shape index (κ3) is 8.72. The molecule has 6 heteroatoms. The summed E-state index contributed by atoms with van der Waals surface area (Å²) in [5, 5.41) is 3.91. The number of ether oxygens (including phenoxy) is 4. The maximum Gasteiger partial charge on any atom is 0.159 e. The highest BCUT2D eigenvalue weighted by Crippen LogP contribution is 2.35. The standard InChI is InChI=1S/2C18H22O3/c1-4-10-20-17-8-9-18(21-11-5-2)16-12-14(13(3)19)6-7-15(16)17;1-4-8-20-16-11-15-10-14(13(3)19)6-7-17(15)18(12-16)21-9-5-2/h6-9,12H,4-5,10-11H2,1-3H3;6-7,10-12H,4-5,8-9H2,1-3H3. The second-order valence-electron chi connectivity index (χ2n) is 10.2. The zero-order valence-corrected chi connectivity index (χ0v) is 25.9. The molecule has 42 heavy (non-hydrogen) atoms. The lowest BCUT2D eigenvalue weighted by Crippen LogP contribution is -2.00. The van der Waals surface area contributed by atoms with Crippen LogP contribution in [0, 0.1) is 0 Å². The summed E-state index contributed by atoms with van der Waals surface area (Å²) in [6.45, 7) is 14.1. The van der Waals surface area contributed by atoms with Crippen LogP contribution in [0.25, 0.3) is 21.5 Å². The minimum Gasteiger partial charge on any atom is -0.493 e. The molecule has 0 aliphatic heterocycles. The maximum absolute atomic E-state index is 11.6. The summed E-state index contributed by atoms with van der Waals surface area (Å²) in [4.78, 5) is 23.1. The van der Waals surface area contributed by atoms with Crippen molar-refractivity contribution in [2.24, 2.45) is 0 Å². The van der Waals surface area contributed by atoms with Gasteiger partial charge in [-0.25, -0.2) is 0 Å². The number of hydrogen-bond donors (Lipinski definition) is 0. The third-order valence-corrected chi connectivity index (χ3v) is 6.50. The molecule has 0 aliphatic carbocycles. The molecule has 0 saturated carbocycles. The van der Waals surface area contributed by atoms with Gasteiger partial charge in [-0.05, 0) is 87.4 Å². The summed E-state index contributed by atoms with van der Waals surface area (Å²) in [6, 6.07) is 19.1. The van der Waals surface area contributed by atoms with Gasteiger partial charge < -0.3 is 18.9 Å². The number of hydrogen-bond acceptors (Lipinski definition) is 6. The van der Waals surface area contributed by atoms with Crippen LogP contribution in [0.15, 0.2) is 60.7 Å². The average molecular weight is 573 g/mol. The van der Waals surface area contributed by atoms with E-state index < -0.39 is 0 Å². The molecule has 0 aliphatic rings. The SMILES string of the molecule is CCCOc1cc(OCCC)c2ccc(C(C)=O)cc2c1.CCCOc1ccc(OCCC)c2cc(C(C)=O)ccc12. The highest BCUT2D eigenvalue weighted by molar-refractivity contribution is 6.02. The predicted molar refractivity (Wildman–Crippen MR) is 171 cm³/mol. The molecule has 4 rings (SSSR count). The minimum absolute atomic E-state index is 0.0539. The van der Waals surface area contributed by atoms with Crippen LogP contribution >= 0.6 is 0 Å². The Bertz CT molecular complexity index is 1490. The number of Topliss-reactive ketones (excluding diaryl/α,β-unsaturated/α-hetero) is 2. The van der Waals surface area contributed by atoms with Gasteiger partial charge in [0.25, 0.3) is 0 Å². The van der Waals surface area contributed by atoms with Crippen LogP contribution in [0.1, 0.15) is 87.9 Å². The Morgan fingerprint density at radius 2 is 0.976 bits per heavy atom. The van der Waals surface area contributed by atoms with E-state index in [0.717, 1.165) is 70.2 Å². The summed E-state index contributed by atoms with van der Waals surface area (Å²) in [7, 11) is 0. The Morgan fingerprint density at radius 3 is 1.52 bits per heavy atom. The highest BCUT2D eigenvalue weighted by atomic mass is 16.5. The monoisotopic (exact) mass is 572 g/mol. The zero-order chi connectivity index (χ0) is 30.5. The first-order valence-electron chi connectivity index (χ1n) is 15.0. The molecular formula is C36H44O6. The van der Waals surface area contributed by atoms with Crippen molar-refractivity contribution in [3.63, 3.8) is 0 Å². The van der Waals surface area contributed by atoms with Crippen LogP contribution in [0.4, 0.5) is 0 Å². The summed E-state index contributed by atoms with van der Waals surface area (Å²) in [5.74, 6) is 3.36. The largest absolute Gasteiger partial charge is 0.493 e. The van der Waals surface area contributed by atoms with E-state index in [1.165, 1.54) is 0 Å². The molecule has 0 spiro atoms. The lowest BCUT2D eigenvalue weighted by molar-refractivity contribution is 0.100. The van der Waals surface area contributed by atoms with E-state index in [9.17, 15) is 9.59 Å². The van der Waals surface area contributed by atoms with E-state index >= 15 is 0 Å². The van der Waals surface area contributed by atoms with Gasteiger partial charge in [0.1, 0.15) is 23.0 Å². The summed E-state index contributed by atoms with van der Waals surface area (Å²) < 4.78 is 23.1. The van der Waals surface area contributed by atoms with E-state index in [2.05, 4.69) is 27.7 Å². The molecule has 0 unspecified atom stereocenters. The second-order valence-corrected chi connectivity index (χ2v) is 10.2. The Kier molecular flexibility index (Phi) is 12.7. The van der Waals surface area contributed by atoms with E-state index in [4.69, 9.17) is 18.9 Å². The van der Waals surface area contributed by atoms with E-state index in [-0.39, 0.29) is 11.6 Å². The molecule has 0 aromatic heterocycles.